The molecule has 1 aromatic carbocycles. The SMILES string of the molecule is COc1ccc(C(NN)C2(OC)CCC2)cc1F. The molecule has 18 heavy (non-hydrogen) atoms. The Balaban J connectivity index is 2.30. The van der Waals surface area contributed by atoms with Gasteiger partial charge in [-0.2, -0.15) is 0 Å². The van der Waals surface area contributed by atoms with Gasteiger partial charge in [-0.3, -0.25) is 11.3 Å². The van der Waals surface area contributed by atoms with Crippen molar-refractivity contribution in [3.8, 4) is 5.75 Å². The Morgan fingerprint density at radius 3 is 2.50 bits per heavy atom. The maximum Gasteiger partial charge on any atom is 0.165 e. The lowest BCUT2D eigenvalue weighted by Crippen LogP contribution is -2.52. The molecule has 1 aliphatic carbocycles. The Kier molecular flexibility index (Phi) is 3.85. The normalized spacial score (nSPS) is 19.1. The summed E-state index contributed by atoms with van der Waals surface area (Å²) in [6, 6.07) is 4.65. The molecule has 5 heteroatoms. The number of ether oxygens (including phenoxy) is 2. The first kappa shape index (κ1) is 13.3. The Morgan fingerprint density at radius 2 is 2.11 bits per heavy atom. The first-order chi connectivity index (χ1) is 8.66. The van der Waals surface area contributed by atoms with Gasteiger partial charge < -0.3 is 9.47 Å². The molecular formula is C13H19FN2O2. The molecule has 4 nitrogen and oxygen atoms in total. The lowest BCUT2D eigenvalue weighted by atomic mass is 9.72. The molecule has 1 aromatic rings. The van der Waals surface area contributed by atoms with Gasteiger partial charge in [0, 0.05) is 7.11 Å². The van der Waals surface area contributed by atoms with Gasteiger partial charge >= 0.3 is 0 Å². The molecule has 1 fully saturated rings. The molecule has 1 saturated carbocycles. The van der Waals surface area contributed by atoms with E-state index in [1.54, 1.807) is 13.2 Å². The zero-order valence-electron chi connectivity index (χ0n) is 10.7. The molecule has 0 saturated heterocycles. The second-order valence-electron chi connectivity index (χ2n) is 4.62. The third-order valence-electron chi connectivity index (χ3n) is 3.81. The summed E-state index contributed by atoms with van der Waals surface area (Å²) in [6.07, 6.45) is 2.95. The average Bonchev–Trinajstić information content (AvgIpc) is 2.33. The van der Waals surface area contributed by atoms with Crippen molar-refractivity contribution in [2.45, 2.75) is 30.9 Å². The summed E-state index contributed by atoms with van der Waals surface area (Å²) in [4.78, 5) is 0. The highest BCUT2D eigenvalue weighted by Crippen LogP contribution is 2.44. The first-order valence-electron chi connectivity index (χ1n) is 6.01. The van der Waals surface area contributed by atoms with E-state index in [1.165, 1.54) is 13.2 Å². The third-order valence-corrected chi connectivity index (χ3v) is 3.81. The Hall–Kier alpha value is -1.17. The Morgan fingerprint density at radius 1 is 1.39 bits per heavy atom. The minimum absolute atomic E-state index is 0.211. The fourth-order valence-corrected chi connectivity index (χ4v) is 2.55. The summed E-state index contributed by atoms with van der Waals surface area (Å²) in [5.74, 6) is 5.46. The summed E-state index contributed by atoms with van der Waals surface area (Å²) in [5, 5.41) is 0. The van der Waals surface area contributed by atoms with Gasteiger partial charge in [-0.1, -0.05) is 6.07 Å². The molecule has 1 unspecified atom stereocenters. The molecule has 2 rings (SSSR count). The van der Waals surface area contributed by atoms with Crippen LogP contribution in [0, 0.1) is 5.82 Å². The highest BCUT2D eigenvalue weighted by molar-refractivity contribution is 5.32. The summed E-state index contributed by atoms with van der Waals surface area (Å²) in [6.45, 7) is 0. The molecule has 0 radical (unpaired) electrons. The van der Waals surface area contributed by atoms with Gasteiger partial charge in [0.2, 0.25) is 0 Å². The number of methoxy groups -OCH3 is 2. The van der Waals surface area contributed by atoms with Crippen LogP contribution in [0.15, 0.2) is 18.2 Å². The predicted molar refractivity (Wildman–Crippen MR) is 66.6 cm³/mol. The van der Waals surface area contributed by atoms with Crippen LogP contribution in [0.1, 0.15) is 30.9 Å². The summed E-state index contributed by atoms with van der Waals surface area (Å²) in [5.41, 5.74) is 3.20. The van der Waals surface area contributed by atoms with Crippen molar-refractivity contribution >= 4 is 0 Å². The van der Waals surface area contributed by atoms with E-state index in [4.69, 9.17) is 15.3 Å². The van der Waals surface area contributed by atoms with Crippen LogP contribution in [-0.4, -0.2) is 19.8 Å². The zero-order valence-corrected chi connectivity index (χ0v) is 10.7. The topological polar surface area (TPSA) is 56.5 Å². The summed E-state index contributed by atoms with van der Waals surface area (Å²) >= 11 is 0. The van der Waals surface area contributed by atoms with Crippen molar-refractivity contribution in [3.63, 3.8) is 0 Å². The van der Waals surface area contributed by atoms with Crippen LogP contribution in [0.2, 0.25) is 0 Å². The van der Waals surface area contributed by atoms with E-state index in [0.717, 1.165) is 24.8 Å². The maximum atomic E-state index is 13.7. The number of rotatable bonds is 5. The van der Waals surface area contributed by atoms with Gasteiger partial charge in [0.05, 0.1) is 18.8 Å². The van der Waals surface area contributed by atoms with E-state index in [2.05, 4.69) is 5.43 Å². The number of halogens is 1. The Labute approximate surface area is 106 Å². The first-order valence-corrected chi connectivity index (χ1v) is 6.01. The fraction of sp³-hybridized carbons (Fsp3) is 0.538. The third kappa shape index (κ3) is 2.09. The lowest BCUT2D eigenvalue weighted by Gasteiger charge is -2.46. The van der Waals surface area contributed by atoms with Gasteiger partial charge in [0.15, 0.2) is 11.6 Å². The molecule has 0 amide bonds. The standard InChI is InChI=1S/C13H19FN2O2/c1-17-11-5-4-9(8-10(11)14)12(16-15)13(18-2)6-3-7-13/h4-5,8,12,16H,3,6-7,15H2,1-2H3. The number of hydrogen-bond donors (Lipinski definition) is 2. The van der Waals surface area contributed by atoms with Crippen molar-refractivity contribution in [2.24, 2.45) is 5.84 Å². The molecule has 0 spiro atoms. The minimum Gasteiger partial charge on any atom is -0.494 e. The van der Waals surface area contributed by atoms with E-state index < -0.39 is 0 Å². The molecule has 0 bridgehead atoms. The quantitative estimate of drug-likeness (QED) is 0.622. The lowest BCUT2D eigenvalue weighted by molar-refractivity contribution is -0.0999. The molecular weight excluding hydrogens is 235 g/mol. The highest BCUT2D eigenvalue weighted by Gasteiger charge is 2.45. The number of nitrogens with one attached hydrogen (secondary N) is 1. The summed E-state index contributed by atoms with van der Waals surface area (Å²) in [7, 11) is 3.11. The molecule has 1 aliphatic rings. The van der Waals surface area contributed by atoms with E-state index >= 15 is 0 Å². The predicted octanol–water partition coefficient (Wildman–Crippen LogP) is 1.91. The van der Waals surface area contributed by atoms with Crippen LogP contribution in [0.25, 0.3) is 0 Å². The highest BCUT2D eigenvalue weighted by atomic mass is 19.1. The molecule has 3 N–H and O–H groups in total. The second-order valence-corrected chi connectivity index (χ2v) is 4.62. The maximum absolute atomic E-state index is 13.7. The van der Waals surface area contributed by atoms with Crippen molar-refractivity contribution in [3.05, 3.63) is 29.6 Å². The van der Waals surface area contributed by atoms with Crippen LogP contribution in [-0.2, 0) is 4.74 Å². The average molecular weight is 254 g/mol. The number of hydrazine groups is 1. The molecule has 0 aromatic heterocycles. The smallest absolute Gasteiger partial charge is 0.165 e. The van der Waals surface area contributed by atoms with Crippen LogP contribution >= 0.6 is 0 Å². The van der Waals surface area contributed by atoms with Gasteiger partial charge in [-0.15, -0.1) is 0 Å². The van der Waals surface area contributed by atoms with Gasteiger partial charge in [0.25, 0.3) is 0 Å². The monoisotopic (exact) mass is 254 g/mol. The number of hydrogen-bond acceptors (Lipinski definition) is 4. The fourth-order valence-electron chi connectivity index (χ4n) is 2.55. The van der Waals surface area contributed by atoms with Crippen LogP contribution in [0.4, 0.5) is 4.39 Å². The van der Waals surface area contributed by atoms with Crippen molar-refractivity contribution in [1.29, 1.82) is 0 Å². The number of nitrogens with two attached hydrogens (primary N) is 1. The molecule has 100 valence electrons. The van der Waals surface area contributed by atoms with Gasteiger partial charge in [-0.25, -0.2) is 4.39 Å². The second kappa shape index (κ2) is 5.22. The Bertz CT molecular complexity index is 416. The van der Waals surface area contributed by atoms with E-state index in [1.807, 2.05) is 6.07 Å². The van der Waals surface area contributed by atoms with Gasteiger partial charge in [-0.05, 0) is 37.0 Å². The largest absolute Gasteiger partial charge is 0.494 e. The van der Waals surface area contributed by atoms with Crippen LogP contribution in [0.5, 0.6) is 5.75 Å². The van der Waals surface area contributed by atoms with Crippen molar-refractivity contribution in [2.75, 3.05) is 14.2 Å². The van der Waals surface area contributed by atoms with E-state index in [9.17, 15) is 4.39 Å². The number of benzene rings is 1. The summed E-state index contributed by atoms with van der Waals surface area (Å²) < 4.78 is 24.2. The minimum atomic E-state index is -0.388. The van der Waals surface area contributed by atoms with Crippen LogP contribution in [0.3, 0.4) is 0 Å². The van der Waals surface area contributed by atoms with Gasteiger partial charge in [0.1, 0.15) is 0 Å². The molecule has 0 heterocycles. The van der Waals surface area contributed by atoms with Crippen molar-refractivity contribution in [1.82, 2.24) is 5.43 Å². The van der Waals surface area contributed by atoms with E-state index in [0.29, 0.717) is 0 Å². The molecule has 1 atom stereocenters. The van der Waals surface area contributed by atoms with E-state index in [-0.39, 0.29) is 23.2 Å². The molecule has 0 aliphatic heterocycles. The van der Waals surface area contributed by atoms with Crippen molar-refractivity contribution < 1.29 is 13.9 Å². The zero-order chi connectivity index (χ0) is 13.2. The van der Waals surface area contributed by atoms with Crippen LogP contribution < -0.4 is 16.0 Å².